The van der Waals surface area contributed by atoms with Gasteiger partial charge in [0.15, 0.2) is 0 Å². The molecule has 0 aromatic heterocycles. The Morgan fingerprint density at radius 2 is 1.11 bits per heavy atom. The Balaban J connectivity index is 1.31. The van der Waals surface area contributed by atoms with Crippen LogP contribution in [-0.4, -0.2) is 0 Å². The van der Waals surface area contributed by atoms with E-state index in [1.54, 1.807) is 0 Å². The van der Waals surface area contributed by atoms with Gasteiger partial charge in [0.25, 0.3) is 0 Å². The van der Waals surface area contributed by atoms with Crippen molar-refractivity contribution >= 4 is 0 Å². The molecule has 0 heterocycles. The van der Waals surface area contributed by atoms with Gasteiger partial charge in [0.05, 0.1) is 0 Å². The van der Waals surface area contributed by atoms with Crippen LogP contribution in [0.4, 0.5) is 0 Å². The Kier molecular flexibility index (Phi) is 14.3. The molecule has 37 heavy (non-hydrogen) atoms. The molecule has 0 heteroatoms. The van der Waals surface area contributed by atoms with E-state index in [9.17, 15) is 0 Å². The van der Waals surface area contributed by atoms with Crippen molar-refractivity contribution in [2.24, 2.45) is 11.8 Å². The average molecular weight is 497 g/mol. The van der Waals surface area contributed by atoms with E-state index in [1.807, 2.05) is 0 Å². The van der Waals surface area contributed by atoms with Crippen LogP contribution in [0.1, 0.15) is 132 Å². The van der Waals surface area contributed by atoms with Gasteiger partial charge in [0, 0.05) is 11.1 Å². The molecule has 1 saturated carbocycles. The Labute approximate surface area is 229 Å². The van der Waals surface area contributed by atoms with Crippen LogP contribution in [0.2, 0.25) is 0 Å². The van der Waals surface area contributed by atoms with Crippen molar-refractivity contribution in [2.75, 3.05) is 0 Å². The van der Waals surface area contributed by atoms with Gasteiger partial charge in [-0.2, -0.15) is 0 Å². The summed E-state index contributed by atoms with van der Waals surface area (Å²) in [5.74, 6) is 8.64. The summed E-state index contributed by atoms with van der Waals surface area (Å²) >= 11 is 0. The van der Waals surface area contributed by atoms with Crippen molar-refractivity contribution in [2.45, 2.75) is 123 Å². The molecule has 0 nitrogen and oxygen atoms in total. The lowest BCUT2D eigenvalue weighted by atomic mass is 9.77. The molecule has 0 radical (unpaired) electrons. The molecule has 0 atom stereocenters. The van der Waals surface area contributed by atoms with Crippen molar-refractivity contribution < 1.29 is 0 Å². The molecule has 0 saturated heterocycles. The summed E-state index contributed by atoms with van der Waals surface area (Å²) in [7, 11) is 0. The third kappa shape index (κ3) is 12.2. The first-order valence-corrected chi connectivity index (χ1v) is 15.6. The normalized spacial score (nSPS) is 17.6. The molecule has 1 aliphatic carbocycles. The molecule has 200 valence electrons. The maximum atomic E-state index is 3.35. The highest BCUT2D eigenvalue weighted by Gasteiger charge is 2.20. The second-order valence-electron chi connectivity index (χ2n) is 11.4. The molecule has 0 aliphatic heterocycles. The average Bonchev–Trinajstić information content (AvgIpc) is 2.94. The maximum absolute atomic E-state index is 3.35. The van der Waals surface area contributed by atoms with Crippen LogP contribution in [-0.2, 0) is 12.8 Å². The van der Waals surface area contributed by atoms with Gasteiger partial charge in [-0.1, -0.05) is 139 Å². The maximum Gasteiger partial charge on any atom is 0.0249 e. The van der Waals surface area contributed by atoms with Crippen LogP contribution in [0, 0.1) is 23.7 Å². The minimum absolute atomic E-state index is 0.940. The highest BCUT2D eigenvalue weighted by atomic mass is 14.3. The quantitative estimate of drug-likeness (QED) is 0.131. The molecule has 0 spiro atoms. The second-order valence-corrected chi connectivity index (χ2v) is 11.4. The number of benzene rings is 2. The first-order valence-electron chi connectivity index (χ1n) is 15.6. The summed E-state index contributed by atoms with van der Waals surface area (Å²) in [4.78, 5) is 0. The van der Waals surface area contributed by atoms with Crippen molar-refractivity contribution in [3.05, 3.63) is 82.9 Å². The molecule has 0 amide bonds. The number of rotatable bonds is 15. The van der Waals surface area contributed by atoms with Crippen molar-refractivity contribution in [3.8, 4) is 11.8 Å². The lowest BCUT2D eigenvalue weighted by Crippen LogP contribution is -2.15. The largest absolute Gasteiger partial charge is 0.0888 e. The number of unbranched alkanes of at least 4 members (excludes halogenated alkanes) is 6. The lowest BCUT2D eigenvalue weighted by Gasteiger charge is -2.28. The summed E-state index contributed by atoms with van der Waals surface area (Å²) in [6.45, 7) is 4.49. The Hall–Kier alpha value is -2.26. The number of allylic oxidation sites excluding steroid dienone is 2. The van der Waals surface area contributed by atoms with Gasteiger partial charge < -0.3 is 0 Å². The summed E-state index contributed by atoms with van der Waals surface area (Å²) in [6.07, 6.45) is 27.9. The lowest BCUT2D eigenvalue weighted by molar-refractivity contribution is 0.248. The summed E-state index contributed by atoms with van der Waals surface area (Å²) in [5.41, 5.74) is 5.07. The standard InChI is InChI=1S/C37H52/c1-3-5-7-9-10-11-13-15-33-18-22-35(23-19-33)25-27-37-30-28-36(29-31-37)26-24-34-20-16-32(17-21-34)14-12-8-6-4-2/h6,8,16-17,20-21,28-31,33,35H,3-5,7,9-15,18-19,22-23,25,27H2,1-2H3/b8-6+. The van der Waals surface area contributed by atoms with Crippen LogP contribution in [0.25, 0.3) is 0 Å². The summed E-state index contributed by atoms with van der Waals surface area (Å²) in [5, 5.41) is 0. The minimum atomic E-state index is 0.940. The van der Waals surface area contributed by atoms with Gasteiger partial charge >= 0.3 is 0 Å². The van der Waals surface area contributed by atoms with Gasteiger partial charge in [-0.15, -0.1) is 0 Å². The van der Waals surface area contributed by atoms with Gasteiger partial charge in [-0.05, 0) is 79.3 Å². The number of aryl methyl sites for hydroxylation is 2. The van der Waals surface area contributed by atoms with Crippen LogP contribution in [0.3, 0.4) is 0 Å². The van der Waals surface area contributed by atoms with Gasteiger partial charge in [-0.25, -0.2) is 0 Å². The van der Waals surface area contributed by atoms with Crippen molar-refractivity contribution in [1.29, 1.82) is 0 Å². The zero-order valence-electron chi connectivity index (χ0n) is 23.9. The zero-order chi connectivity index (χ0) is 26.0. The van der Waals surface area contributed by atoms with Crippen LogP contribution in [0.5, 0.6) is 0 Å². The SMILES string of the molecule is CC/C=C/CCc1ccc(C#Cc2ccc(CCC3CCC(CCCCCCCCC)CC3)cc2)cc1. The first-order chi connectivity index (χ1) is 18.3. The van der Waals surface area contributed by atoms with Crippen molar-refractivity contribution in [1.82, 2.24) is 0 Å². The van der Waals surface area contributed by atoms with E-state index in [4.69, 9.17) is 0 Å². The van der Waals surface area contributed by atoms with Gasteiger partial charge in [-0.3, -0.25) is 0 Å². The Bertz CT molecular complexity index is 926. The van der Waals surface area contributed by atoms with Crippen LogP contribution in [0.15, 0.2) is 60.7 Å². The smallest absolute Gasteiger partial charge is 0.0249 e. The van der Waals surface area contributed by atoms with Crippen LogP contribution < -0.4 is 0 Å². The molecule has 1 aliphatic rings. The fourth-order valence-electron chi connectivity index (χ4n) is 5.76. The molecule has 0 bridgehead atoms. The van der Waals surface area contributed by atoms with Crippen molar-refractivity contribution in [3.63, 3.8) is 0 Å². The molecule has 0 N–H and O–H groups in total. The van der Waals surface area contributed by atoms with E-state index in [0.29, 0.717) is 0 Å². The molecule has 2 aromatic carbocycles. The van der Waals surface area contributed by atoms with E-state index in [0.717, 1.165) is 42.2 Å². The van der Waals surface area contributed by atoms with E-state index in [1.165, 1.54) is 101 Å². The summed E-state index contributed by atoms with van der Waals surface area (Å²) < 4.78 is 0. The number of hydrogen-bond acceptors (Lipinski definition) is 0. The Morgan fingerprint density at radius 3 is 1.68 bits per heavy atom. The molecule has 2 aromatic rings. The molecule has 0 unspecified atom stereocenters. The predicted octanol–water partition coefficient (Wildman–Crippen LogP) is 10.9. The fourth-order valence-corrected chi connectivity index (χ4v) is 5.76. The van der Waals surface area contributed by atoms with Crippen LogP contribution >= 0.6 is 0 Å². The number of hydrogen-bond donors (Lipinski definition) is 0. The highest BCUT2D eigenvalue weighted by Crippen LogP contribution is 2.34. The van der Waals surface area contributed by atoms with E-state index in [-0.39, 0.29) is 0 Å². The molecule has 3 rings (SSSR count). The summed E-state index contributed by atoms with van der Waals surface area (Å²) in [6, 6.07) is 17.7. The van der Waals surface area contributed by atoms with Gasteiger partial charge in [0.1, 0.15) is 0 Å². The van der Waals surface area contributed by atoms with E-state index < -0.39 is 0 Å². The third-order valence-electron chi connectivity index (χ3n) is 8.28. The minimum Gasteiger partial charge on any atom is -0.0888 e. The Morgan fingerprint density at radius 1 is 0.595 bits per heavy atom. The zero-order valence-corrected chi connectivity index (χ0v) is 23.9. The second kappa shape index (κ2) is 18.1. The molecular weight excluding hydrogens is 444 g/mol. The van der Waals surface area contributed by atoms with E-state index in [2.05, 4.69) is 86.4 Å². The predicted molar refractivity (Wildman–Crippen MR) is 163 cm³/mol. The third-order valence-corrected chi connectivity index (χ3v) is 8.28. The fraction of sp³-hybridized carbons (Fsp3) is 0.568. The molecular formula is C37H52. The van der Waals surface area contributed by atoms with Gasteiger partial charge in [0.2, 0.25) is 0 Å². The highest BCUT2D eigenvalue weighted by molar-refractivity contribution is 5.44. The topological polar surface area (TPSA) is 0 Å². The monoisotopic (exact) mass is 496 g/mol. The molecule has 1 fully saturated rings. The van der Waals surface area contributed by atoms with E-state index >= 15 is 0 Å². The first kappa shape index (κ1) is 29.3.